The van der Waals surface area contributed by atoms with E-state index in [9.17, 15) is 10.1 Å². The van der Waals surface area contributed by atoms with Gasteiger partial charge in [0.05, 0.1) is 0 Å². The molecule has 1 saturated carbocycles. The van der Waals surface area contributed by atoms with Gasteiger partial charge in [0.1, 0.15) is 11.6 Å². The van der Waals surface area contributed by atoms with E-state index in [0.29, 0.717) is 19.1 Å². The van der Waals surface area contributed by atoms with Crippen molar-refractivity contribution in [3.8, 4) is 6.07 Å². The average Bonchev–Trinajstić information content (AvgIpc) is 3.52. The van der Waals surface area contributed by atoms with E-state index in [4.69, 9.17) is 0 Å². The van der Waals surface area contributed by atoms with Crippen LogP contribution in [0.25, 0.3) is 6.08 Å². The molecule has 2 aromatic rings. The molecule has 1 saturated heterocycles. The van der Waals surface area contributed by atoms with Crippen molar-refractivity contribution in [1.82, 2.24) is 9.47 Å². The second-order valence-electron chi connectivity index (χ2n) is 7.71. The predicted octanol–water partition coefficient (Wildman–Crippen LogP) is 3.70. The van der Waals surface area contributed by atoms with Gasteiger partial charge in [-0.1, -0.05) is 18.2 Å². The van der Waals surface area contributed by atoms with Gasteiger partial charge in [-0.2, -0.15) is 5.26 Å². The van der Waals surface area contributed by atoms with E-state index in [-0.39, 0.29) is 11.5 Å². The number of para-hydroxylation sites is 1. The third kappa shape index (κ3) is 3.55. The maximum Gasteiger partial charge on any atom is 0.264 e. The van der Waals surface area contributed by atoms with Crippen molar-refractivity contribution in [2.75, 3.05) is 31.1 Å². The third-order valence-electron chi connectivity index (χ3n) is 5.77. The largest absolute Gasteiger partial charge is 0.368 e. The van der Waals surface area contributed by atoms with Gasteiger partial charge in [-0.15, -0.1) is 0 Å². The molecule has 0 unspecified atom stereocenters. The van der Waals surface area contributed by atoms with Crippen LogP contribution in [0.4, 0.5) is 5.69 Å². The summed E-state index contributed by atoms with van der Waals surface area (Å²) in [5.41, 5.74) is 4.74. The van der Waals surface area contributed by atoms with Crippen molar-refractivity contribution in [1.29, 1.82) is 5.26 Å². The lowest BCUT2D eigenvalue weighted by molar-refractivity contribution is -0.126. The Hall–Kier alpha value is -3.00. The highest BCUT2D eigenvalue weighted by Gasteiger charge is 2.28. The van der Waals surface area contributed by atoms with Crippen LogP contribution in [0.1, 0.15) is 35.8 Å². The van der Waals surface area contributed by atoms with Crippen molar-refractivity contribution in [2.45, 2.75) is 32.7 Å². The minimum Gasteiger partial charge on any atom is -0.368 e. The molecular weight excluding hydrogens is 348 g/mol. The molecule has 1 aromatic carbocycles. The van der Waals surface area contributed by atoms with Gasteiger partial charge in [-0.05, 0) is 56.5 Å². The minimum atomic E-state index is -0.161. The topological polar surface area (TPSA) is 52.3 Å². The molecule has 0 bridgehead atoms. The highest BCUT2D eigenvalue weighted by molar-refractivity contribution is 6.02. The smallest absolute Gasteiger partial charge is 0.264 e. The molecule has 0 atom stereocenters. The summed E-state index contributed by atoms with van der Waals surface area (Å²) in [6.45, 7) is 7.01. The summed E-state index contributed by atoms with van der Waals surface area (Å²) >= 11 is 0. The predicted molar refractivity (Wildman–Crippen MR) is 111 cm³/mol. The zero-order valence-corrected chi connectivity index (χ0v) is 16.6. The van der Waals surface area contributed by atoms with Crippen LogP contribution < -0.4 is 4.90 Å². The van der Waals surface area contributed by atoms with E-state index in [2.05, 4.69) is 47.6 Å². The molecule has 1 aliphatic carbocycles. The lowest BCUT2D eigenvalue weighted by Crippen LogP contribution is -2.49. The number of carbonyl (C=O) groups excluding carboxylic acids is 1. The standard InChI is InChI=1S/C23H26N4O/c1-17-14-19(18(2)27(17)22-8-9-22)15-20(16-24)23(28)26-12-10-25(11-13-26)21-6-4-3-5-7-21/h3-7,14-15,22H,8-13H2,1-2H3/b20-15+. The van der Waals surface area contributed by atoms with Crippen LogP contribution in [-0.4, -0.2) is 41.6 Å². The Morgan fingerprint density at radius 1 is 1.11 bits per heavy atom. The molecule has 28 heavy (non-hydrogen) atoms. The Kier molecular flexibility index (Phi) is 4.95. The second kappa shape index (κ2) is 7.55. The second-order valence-corrected chi connectivity index (χ2v) is 7.71. The van der Waals surface area contributed by atoms with Gasteiger partial charge in [0.25, 0.3) is 5.91 Å². The third-order valence-corrected chi connectivity index (χ3v) is 5.77. The number of rotatable bonds is 4. The summed E-state index contributed by atoms with van der Waals surface area (Å²) in [6, 6.07) is 15.1. The van der Waals surface area contributed by atoms with E-state index in [1.54, 1.807) is 11.0 Å². The van der Waals surface area contributed by atoms with E-state index < -0.39 is 0 Å². The number of amides is 1. The van der Waals surface area contributed by atoms with Crippen LogP contribution in [0.3, 0.4) is 0 Å². The SMILES string of the molecule is Cc1cc(/C=C(\C#N)C(=O)N2CCN(c3ccccc3)CC2)c(C)n1C1CC1. The van der Waals surface area contributed by atoms with E-state index in [0.717, 1.165) is 24.3 Å². The monoisotopic (exact) mass is 374 g/mol. The molecule has 1 amide bonds. The Labute approximate surface area is 166 Å². The molecular formula is C23H26N4O. The average molecular weight is 374 g/mol. The molecule has 1 aliphatic heterocycles. The number of hydrogen-bond acceptors (Lipinski definition) is 3. The first-order chi connectivity index (χ1) is 13.6. The molecule has 0 radical (unpaired) electrons. The van der Waals surface area contributed by atoms with Crippen molar-refractivity contribution in [3.63, 3.8) is 0 Å². The molecule has 2 aliphatic rings. The Bertz CT molecular complexity index is 939. The first kappa shape index (κ1) is 18.4. The van der Waals surface area contributed by atoms with Crippen LogP contribution >= 0.6 is 0 Å². The Morgan fingerprint density at radius 3 is 2.39 bits per heavy atom. The number of hydrogen-bond donors (Lipinski definition) is 0. The van der Waals surface area contributed by atoms with Crippen molar-refractivity contribution in [2.24, 2.45) is 0 Å². The van der Waals surface area contributed by atoms with Crippen molar-refractivity contribution >= 4 is 17.7 Å². The zero-order chi connectivity index (χ0) is 19.7. The number of carbonyl (C=O) groups is 1. The summed E-state index contributed by atoms with van der Waals surface area (Å²) in [5, 5.41) is 9.62. The van der Waals surface area contributed by atoms with Gasteiger partial charge >= 0.3 is 0 Å². The van der Waals surface area contributed by atoms with E-state index in [1.165, 1.54) is 24.2 Å². The Balaban J connectivity index is 1.47. The first-order valence-electron chi connectivity index (χ1n) is 9.98. The number of piperazine rings is 1. The molecule has 2 fully saturated rings. The normalized spacial score (nSPS) is 17.5. The van der Waals surface area contributed by atoms with Crippen LogP contribution in [0.5, 0.6) is 0 Å². The van der Waals surface area contributed by atoms with Crippen LogP contribution in [0, 0.1) is 25.2 Å². The molecule has 0 spiro atoms. The number of aromatic nitrogens is 1. The van der Waals surface area contributed by atoms with Crippen molar-refractivity contribution in [3.05, 3.63) is 58.9 Å². The fourth-order valence-corrected chi connectivity index (χ4v) is 4.12. The van der Waals surface area contributed by atoms with Gasteiger partial charge in [0, 0.05) is 49.3 Å². The van der Waals surface area contributed by atoms with Gasteiger partial charge in [-0.3, -0.25) is 4.79 Å². The molecule has 1 aromatic heterocycles. The quantitative estimate of drug-likeness (QED) is 0.606. The van der Waals surface area contributed by atoms with Gasteiger partial charge in [0.2, 0.25) is 0 Å². The van der Waals surface area contributed by atoms with Crippen LogP contribution in [0.15, 0.2) is 42.0 Å². The number of nitrogens with zero attached hydrogens (tertiary/aromatic N) is 4. The van der Waals surface area contributed by atoms with E-state index in [1.807, 2.05) is 18.2 Å². The Morgan fingerprint density at radius 2 is 1.79 bits per heavy atom. The van der Waals surface area contributed by atoms with Gasteiger partial charge in [0.15, 0.2) is 0 Å². The number of anilines is 1. The highest BCUT2D eigenvalue weighted by Crippen LogP contribution is 2.38. The number of benzene rings is 1. The lowest BCUT2D eigenvalue weighted by atomic mass is 10.1. The molecule has 2 heterocycles. The molecule has 5 nitrogen and oxygen atoms in total. The van der Waals surface area contributed by atoms with Gasteiger partial charge in [-0.25, -0.2) is 0 Å². The van der Waals surface area contributed by atoms with Gasteiger partial charge < -0.3 is 14.4 Å². The maximum atomic E-state index is 12.9. The number of nitriles is 1. The molecule has 5 heteroatoms. The van der Waals surface area contributed by atoms with Crippen LogP contribution in [0.2, 0.25) is 0 Å². The fraction of sp³-hybridized carbons (Fsp3) is 0.391. The molecule has 144 valence electrons. The van der Waals surface area contributed by atoms with E-state index >= 15 is 0 Å². The summed E-state index contributed by atoms with van der Waals surface area (Å²) in [7, 11) is 0. The summed E-state index contributed by atoms with van der Waals surface area (Å²) in [5.74, 6) is -0.161. The maximum absolute atomic E-state index is 12.9. The minimum absolute atomic E-state index is 0.161. The molecule has 0 N–H and O–H groups in total. The molecule has 4 rings (SSSR count). The van der Waals surface area contributed by atoms with Crippen molar-refractivity contribution < 1.29 is 4.79 Å². The summed E-state index contributed by atoms with van der Waals surface area (Å²) in [4.78, 5) is 17.0. The summed E-state index contributed by atoms with van der Waals surface area (Å²) < 4.78 is 2.34. The zero-order valence-electron chi connectivity index (χ0n) is 16.6. The summed E-state index contributed by atoms with van der Waals surface area (Å²) in [6.07, 6.45) is 4.21. The fourth-order valence-electron chi connectivity index (χ4n) is 4.12. The first-order valence-corrected chi connectivity index (χ1v) is 9.98. The highest BCUT2D eigenvalue weighted by atomic mass is 16.2. The lowest BCUT2D eigenvalue weighted by Gasteiger charge is -2.36. The number of aryl methyl sites for hydroxylation is 1. The van der Waals surface area contributed by atoms with Crippen LogP contribution in [-0.2, 0) is 4.79 Å².